The molecule has 1 saturated heterocycles. The zero-order valence-corrected chi connectivity index (χ0v) is 8.82. The fraction of sp³-hybridized carbons (Fsp3) is 0.417. The second-order valence-corrected chi connectivity index (χ2v) is 3.77. The van der Waals surface area contributed by atoms with E-state index in [1.54, 1.807) is 0 Å². The van der Waals surface area contributed by atoms with Crippen LogP contribution < -0.4 is 5.32 Å². The van der Waals surface area contributed by atoms with Crippen molar-refractivity contribution < 1.29 is 9.53 Å². The van der Waals surface area contributed by atoms with Crippen molar-refractivity contribution in [2.45, 2.75) is 12.3 Å². The summed E-state index contributed by atoms with van der Waals surface area (Å²) in [6, 6.07) is 7.70. The van der Waals surface area contributed by atoms with Gasteiger partial charge in [-0.25, -0.2) is 4.79 Å². The molecule has 0 radical (unpaired) electrons. The molecule has 1 aromatic rings. The van der Waals surface area contributed by atoms with Gasteiger partial charge in [0.2, 0.25) is 0 Å². The predicted molar refractivity (Wildman–Crippen MR) is 58.0 cm³/mol. The second-order valence-electron chi connectivity index (χ2n) is 3.77. The van der Waals surface area contributed by atoms with Crippen LogP contribution in [0.15, 0.2) is 24.3 Å². The topological polar surface area (TPSA) is 38.3 Å². The number of carbonyl (C=O) groups excluding carboxylic acids is 1. The number of methoxy groups -OCH3 is 1. The zero-order chi connectivity index (χ0) is 10.7. The van der Waals surface area contributed by atoms with Crippen molar-refractivity contribution in [3.05, 3.63) is 35.4 Å². The molecule has 1 aliphatic rings. The highest BCUT2D eigenvalue weighted by molar-refractivity contribution is 5.91. The summed E-state index contributed by atoms with van der Waals surface area (Å²) in [7, 11) is 1.42. The Morgan fingerprint density at radius 1 is 1.47 bits per heavy atom. The summed E-state index contributed by atoms with van der Waals surface area (Å²) in [6.07, 6.45) is 1.09. The summed E-state index contributed by atoms with van der Waals surface area (Å²) in [4.78, 5) is 11.5. The fourth-order valence-corrected chi connectivity index (χ4v) is 2.07. The van der Waals surface area contributed by atoms with Crippen molar-refractivity contribution in [2.24, 2.45) is 0 Å². The lowest BCUT2D eigenvalue weighted by Crippen LogP contribution is -2.12. The monoisotopic (exact) mass is 205 g/mol. The van der Waals surface area contributed by atoms with E-state index in [9.17, 15) is 4.79 Å². The third-order valence-electron chi connectivity index (χ3n) is 2.87. The van der Waals surface area contributed by atoms with Gasteiger partial charge in [-0.1, -0.05) is 18.2 Å². The van der Waals surface area contributed by atoms with Crippen LogP contribution in [0.2, 0.25) is 0 Å². The molecule has 0 saturated carbocycles. The van der Waals surface area contributed by atoms with Crippen molar-refractivity contribution in [2.75, 3.05) is 20.2 Å². The Hall–Kier alpha value is -1.35. The molecule has 3 nitrogen and oxygen atoms in total. The van der Waals surface area contributed by atoms with Crippen molar-refractivity contribution in [1.82, 2.24) is 5.32 Å². The largest absolute Gasteiger partial charge is 0.465 e. The van der Waals surface area contributed by atoms with E-state index in [2.05, 4.69) is 5.32 Å². The second kappa shape index (κ2) is 4.45. The predicted octanol–water partition coefficient (Wildman–Crippen LogP) is 1.55. The molecule has 2 rings (SSSR count). The molecule has 1 aliphatic heterocycles. The van der Waals surface area contributed by atoms with E-state index in [-0.39, 0.29) is 5.97 Å². The van der Waals surface area contributed by atoms with Crippen LogP contribution in [-0.2, 0) is 4.74 Å². The zero-order valence-electron chi connectivity index (χ0n) is 8.82. The number of esters is 1. The lowest BCUT2D eigenvalue weighted by Gasteiger charge is -2.12. The smallest absolute Gasteiger partial charge is 0.338 e. The van der Waals surface area contributed by atoms with Gasteiger partial charge in [0.15, 0.2) is 0 Å². The van der Waals surface area contributed by atoms with Gasteiger partial charge < -0.3 is 10.1 Å². The van der Waals surface area contributed by atoms with Gasteiger partial charge in [0, 0.05) is 6.54 Å². The lowest BCUT2D eigenvalue weighted by molar-refractivity contribution is 0.0599. The fourth-order valence-electron chi connectivity index (χ4n) is 2.07. The van der Waals surface area contributed by atoms with E-state index in [4.69, 9.17) is 4.74 Å². The SMILES string of the molecule is COC(=O)c1ccccc1[C@H]1CCNC1. The van der Waals surface area contributed by atoms with Crippen LogP contribution in [0.1, 0.15) is 28.3 Å². The van der Waals surface area contributed by atoms with Crippen LogP contribution >= 0.6 is 0 Å². The Labute approximate surface area is 89.4 Å². The van der Waals surface area contributed by atoms with E-state index < -0.39 is 0 Å². The molecule has 1 N–H and O–H groups in total. The number of benzene rings is 1. The number of ether oxygens (including phenoxy) is 1. The highest BCUT2D eigenvalue weighted by Crippen LogP contribution is 2.25. The van der Waals surface area contributed by atoms with Gasteiger partial charge in [-0.05, 0) is 30.5 Å². The number of nitrogens with one attached hydrogen (secondary N) is 1. The van der Waals surface area contributed by atoms with Gasteiger partial charge in [0.25, 0.3) is 0 Å². The van der Waals surface area contributed by atoms with Crippen LogP contribution in [0, 0.1) is 0 Å². The first-order valence-corrected chi connectivity index (χ1v) is 5.21. The van der Waals surface area contributed by atoms with Crippen molar-refractivity contribution in [3.8, 4) is 0 Å². The van der Waals surface area contributed by atoms with E-state index in [0.29, 0.717) is 11.5 Å². The molecule has 80 valence electrons. The highest BCUT2D eigenvalue weighted by atomic mass is 16.5. The number of hydrogen-bond donors (Lipinski definition) is 1. The van der Waals surface area contributed by atoms with Crippen molar-refractivity contribution in [1.29, 1.82) is 0 Å². The van der Waals surface area contributed by atoms with Gasteiger partial charge in [0.05, 0.1) is 12.7 Å². The van der Waals surface area contributed by atoms with E-state index in [1.165, 1.54) is 7.11 Å². The Balaban J connectivity index is 2.32. The minimum absolute atomic E-state index is 0.238. The molecule has 0 unspecified atom stereocenters. The maximum Gasteiger partial charge on any atom is 0.338 e. The third kappa shape index (κ3) is 2.02. The summed E-state index contributed by atoms with van der Waals surface area (Å²) in [5.74, 6) is 0.206. The molecule has 0 aromatic heterocycles. The highest BCUT2D eigenvalue weighted by Gasteiger charge is 2.21. The third-order valence-corrected chi connectivity index (χ3v) is 2.87. The molecule has 3 heteroatoms. The molecule has 1 aromatic carbocycles. The minimum Gasteiger partial charge on any atom is -0.465 e. The van der Waals surface area contributed by atoms with Gasteiger partial charge in [-0.3, -0.25) is 0 Å². The van der Waals surface area contributed by atoms with Crippen molar-refractivity contribution in [3.63, 3.8) is 0 Å². The average molecular weight is 205 g/mol. The average Bonchev–Trinajstić information content (AvgIpc) is 2.81. The van der Waals surface area contributed by atoms with E-state index in [0.717, 1.165) is 25.1 Å². The molecular formula is C12H15NO2. The number of rotatable bonds is 2. The van der Waals surface area contributed by atoms with Gasteiger partial charge in [0.1, 0.15) is 0 Å². The molecule has 1 atom stereocenters. The van der Waals surface area contributed by atoms with Crippen LogP contribution in [0.3, 0.4) is 0 Å². The summed E-state index contributed by atoms with van der Waals surface area (Å²) in [5.41, 5.74) is 1.81. The molecule has 0 spiro atoms. The maximum atomic E-state index is 11.5. The molecule has 1 heterocycles. The standard InChI is InChI=1S/C12H15NO2/c1-15-12(14)11-5-3-2-4-10(11)9-6-7-13-8-9/h2-5,9,13H,6-8H2,1H3/t9-/m0/s1. The normalized spacial score (nSPS) is 20.2. The first-order chi connectivity index (χ1) is 7.33. The number of carbonyl (C=O) groups is 1. The minimum atomic E-state index is -0.238. The Morgan fingerprint density at radius 3 is 2.93 bits per heavy atom. The summed E-state index contributed by atoms with van der Waals surface area (Å²) in [6.45, 7) is 1.98. The lowest BCUT2D eigenvalue weighted by atomic mass is 9.93. The van der Waals surface area contributed by atoms with Crippen molar-refractivity contribution >= 4 is 5.97 Å². The van der Waals surface area contributed by atoms with Crippen LogP contribution in [0.4, 0.5) is 0 Å². The molecule has 0 amide bonds. The summed E-state index contributed by atoms with van der Waals surface area (Å²) >= 11 is 0. The molecule has 15 heavy (non-hydrogen) atoms. The van der Waals surface area contributed by atoms with Gasteiger partial charge in [-0.15, -0.1) is 0 Å². The van der Waals surface area contributed by atoms with Gasteiger partial charge >= 0.3 is 5.97 Å². The Morgan fingerprint density at radius 2 is 2.27 bits per heavy atom. The Kier molecular flexibility index (Phi) is 3.02. The first kappa shape index (κ1) is 10.2. The molecule has 0 aliphatic carbocycles. The Bertz CT molecular complexity index is 356. The molecule has 0 bridgehead atoms. The van der Waals surface area contributed by atoms with Crippen LogP contribution in [0.25, 0.3) is 0 Å². The molecule has 1 fully saturated rings. The number of hydrogen-bond acceptors (Lipinski definition) is 3. The maximum absolute atomic E-state index is 11.5. The van der Waals surface area contributed by atoms with E-state index >= 15 is 0 Å². The van der Waals surface area contributed by atoms with E-state index in [1.807, 2.05) is 24.3 Å². The quantitative estimate of drug-likeness (QED) is 0.744. The summed E-state index contributed by atoms with van der Waals surface area (Å²) < 4.78 is 4.78. The first-order valence-electron chi connectivity index (χ1n) is 5.21. The molecular weight excluding hydrogens is 190 g/mol. The van der Waals surface area contributed by atoms with Crippen LogP contribution in [0.5, 0.6) is 0 Å². The summed E-state index contributed by atoms with van der Waals surface area (Å²) in [5, 5.41) is 3.30. The van der Waals surface area contributed by atoms with Gasteiger partial charge in [-0.2, -0.15) is 0 Å². The van der Waals surface area contributed by atoms with Crippen LogP contribution in [-0.4, -0.2) is 26.2 Å².